The standard InChI is InChI=1S/C16H22O5/c1-16(2)20-14-8-13(19-15(14)21-16)12(17)10-18-9-11-6-4-3-5-7-11/h3-7,12-15,17H,8-10H2,1-2H3/t12-,13-,14+,15+/m0/s1. The van der Waals surface area contributed by atoms with Crippen molar-refractivity contribution in [2.75, 3.05) is 6.61 Å². The second-order valence-corrected chi connectivity index (χ2v) is 6.02. The third kappa shape index (κ3) is 3.62. The predicted molar refractivity (Wildman–Crippen MR) is 75.4 cm³/mol. The Balaban J connectivity index is 1.42. The van der Waals surface area contributed by atoms with Crippen LogP contribution < -0.4 is 0 Å². The Bertz CT molecular complexity index is 445. The van der Waals surface area contributed by atoms with Crippen LogP contribution in [0, 0.1) is 0 Å². The molecule has 5 heteroatoms. The summed E-state index contributed by atoms with van der Waals surface area (Å²) in [5.74, 6) is -0.602. The first-order valence-corrected chi connectivity index (χ1v) is 7.34. The van der Waals surface area contributed by atoms with E-state index in [-0.39, 0.29) is 25.1 Å². The van der Waals surface area contributed by atoms with Crippen LogP contribution in [0.15, 0.2) is 30.3 Å². The molecule has 0 amide bonds. The summed E-state index contributed by atoms with van der Waals surface area (Å²) in [4.78, 5) is 0. The van der Waals surface area contributed by atoms with Crippen LogP contribution in [-0.4, -0.2) is 42.1 Å². The van der Waals surface area contributed by atoms with E-state index in [1.54, 1.807) is 0 Å². The van der Waals surface area contributed by atoms with Gasteiger partial charge in [0.15, 0.2) is 12.1 Å². The van der Waals surface area contributed by atoms with Gasteiger partial charge in [-0.3, -0.25) is 0 Å². The number of hydrogen-bond acceptors (Lipinski definition) is 5. The second-order valence-electron chi connectivity index (χ2n) is 6.02. The first kappa shape index (κ1) is 14.9. The van der Waals surface area contributed by atoms with Gasteiger partial charge in [0.25, 0.3) is 0 Å². The van der Waals surface area contributed by atoms with Crippen molar-refractivity contribution in [3.8, 4) is 0 Å². The minimum Gasteiger partial charge on any atom is -0.388 e. The van der Waals surface area contributed by atoms with Crippen LogP contribution in [0.5, 0.6) is 0 Å². The summed E-state index contributed by atoms with van der Waals surface area (Å²) in [5.41, 5.74) is 1.09. The Kier molecular flexibility index (Phi) is 4.28. The summed E-state index contributed by atoms with van der Waals surface area (Å²) in [5, 5.41) is 10.2. The van der Waals surface area contributed by atoms with E-state index in [0.717, 1.165) is 5.56 Å². The molecule has 0 bridgehead atoms. The molecule has 1 N–H and O–H groups in total. The highest BCUT2D eigenvalue weighted by Gasteiger charge is 2.49. The number of benzene rings is 1. The van der Waals surface area contributed by atoms with Crippen LogP contribution in [0.3, 0.4) is 0 Å². The van der Waals surface area contributed by atoms with E-state index in [1.807, 2.05) is 44.2 Å². The summed E-state index contributed by atoms with van der Waals surface area (Å²) in [6.45, 7) is 4.45. The number of ether oxygens (including phenoxy) is 4. The quantitative estimate of drug-likeness (QED) is 0.898. The van der Waals surface area contributed by atoms with E-state index in [1.165, 1.54) is 0 Å². The maximum atomic E-state index is 10.2. The number of fused-ring (bicyclic) bond motifs is 1. The molecule has 0 aliphatic carbocycles. The van der Waals surface area contributed by atoms with Crippen LogP contribution in [0.1, 0.15) is 25.8 Å². The zero-order chi connectivity index (χ0) is 14.9. The normalized spacial score (nSPS) is 32.0. The molecule has 3 rings (SSSR count). The van der Waals surface area contributed by atoms with Crippen LogP contribution in [0.4, 0.5) is 0 Å². The van der Waals surface area contributed by atoms with Gasteiger partial charge in [-0.1, -0.05) is 30.3 Å². The average Bonchev–Trinajstić information content (AvgIpc) is 2.93. The molecule has 2 aliphatic heterocycles. The van der Waals surface area contributed by atoms with Crippen LogP contribution >= 0.6 is 0 Å². The third-order valence-corrected chi connectivity index (χ3v) is 3.74. The van der Waals surface area contributed by atoms with Crippen molar-refractivity contribution in [1.82, 2.24) is 0 Å². The average molecular weight is 294 g/mol. The fourth-order valence-corrected chi connectivity index (χ4v) is 2.76. The molecule has 2 fully saturated rings. The largest absolute Gasteiger partial charge is 0.388 e. The maximum absolute atomic E-state index is 10.2. The number of rotatable bonds is 5. The van der Waals surface area contributed by atoms with Gasteiger partial charge in [-0.05, 0) is 19.4 Å². The van der Waals surface area contributed by atoms with Gasteiger partial charge in [0.1, 0.15) is 12.2 Å². The highest BCUT2D eigenvalue weighted by Crippen LogP contribution is 2.37. The molecule has 5 nitrogen and oxygen atoms in total. The molecule has 4 atom stereocenters. The topological polar surface area (TPSA) is 57.2 Å². The van der Waals surface area contributed by atoms with Crippen LogP contribution in [0.2, 0.25) is 0 Å². The highest BCUT2D eigenvalue weighted by molar-refractivity contribution is 5.13. The summed E-state index contributed by atoms with van der Waals surface area (Å²) >= 11 is 0. The molecule has 1 aromatic rings. The minimum atomic E-state index is -0.672. The van der Waals surface area contributed by atoms with Crippen molar-refractivity contribution >= 4 is 0 Å². The van der Waals surface area contributed by atoms with E-state index >= 15 is 0 Å². The molecule has 2 aliphatic rings. The summed E-state index contributed by atoms with van der Waals surface area (Å²) in [6, 6.07) is 9.88. The molecular formula is C16H22O5. The highest BCUT2D eigenvalue weighted by atomic mass is 16.8. The van der Waals surface area contributed by atoms with Crippen LogP contribution in [0.25, 0.3) is 0 Å². The van der Waals surface area contributed by atoms with Gasteiger partial charge in [0.2, 0.25) is 0 Å². The zero-order valence-corrected chi connectivity index (χ0v) is 12.4. The summed E-state index contributed by atoms with van der Waals surface area (Å²) in [7, 11) is 0. The summed E-state index contributed by atoms with van der Waals surface area (Å²) < 4.78 is 22.6. The lowest BCUT2D eigenvalue weighted by Gasteiger charge is -2.23. The molecule has 21 heavy (non-hydrogen) atoms. The van der Waals surface area contributed by atoms with Gasteiger partial charge in [0.05, 0.1) is 19.3 Å². The molecule has 0 aromatic heterocycles. The molecular weight excluding hydrogens is 272 g/mol. The van der Waals surface area contributed by atoms with E-state index in [0.29, 0.717) is 13.0 Å². The Morgan fingerprint density at radius 3 is 2.76 bits per heavy atom. The van der Waals surface area contributed by atoms with Crippen LogP contribution in [-0.2, 0) is 25.6 Å². The first-order valence-electron chi connectivity index (χ1n) is 7.34. The van der Waals surface area contributed by atoms with Crippen molar-refractivity contribution < 1.29 is 24.1 Å². The molecule has 116 valence electrons. The van der Waals surface area contributed by atoms with Gasteiger partial charge in [-0.15, -0.1) is 0 Å². The molecule has 2 saturated heterocycles. The number of hydrogen-bond donors (Lipinski definition) is 1. The SMILES string of the molecule is CC1(C)O[C@H]2O[C@H]([C@@H](O)COCc3ccccc3)C[C@H]2O1. The predicted octanol–water partition coefficient (Wildman–Crippen LogP) is 1.83. The van der Waals surface area contributed by atoms with Gasteiger partial charge in [-0.25, -0.2) is 0 Å². The molecule has 2 heterocycles. The van der Waals surface area contributed by atoms with Gasteiger partial charge < -0.3 is 24.1 Å². The lowest BCUT2D eigenvalue weighted by atomic mass is 10.1. The van der Waals surface area contributed by atoms with Gasteiger partial charge in [0, 0.05) is 6.42 Å². The van der Waals surface area contributed by atoms with Crippen molar-refractivity contribution in [2.24, 2.45) is 0 Å². The van der Waals surface area contributed by atoms with Crippen molar-refractivity contribution in [2.45, 2.75) is 57.3 Å². The minimum absolute atomic E-state index is 0.103. The number of aliphatic hydroxyl groups is 1. The molecule has 0 radical (unpaired) electrons. The molecule has 1 aromatic carbocycles. The Morgan fingerprint density at radius 2 is 2.05 bits per heavy atom. The monoisotopic (exact) mass is 294 g/mol. The lowest BCUT2D eigenvalue weighted by molar-refractivity contribution is -0.216. The fraction of sp³-hybridized carbons (Fsp3) is 0.625. The number of aliphatic hydroxyl groups excluding tert-OH is 1. The van der Waals surface area contributed by atoms with E-state index in [9.17, 15) is 5.11 Å². The fourth-order valence-electron chi connectivity index (χ4n) is 2.76. The van der Waals surface area contributed by atoms with Crippen molar-refractivity contribution in [3.63, 3.8) is 0 Å². The van der Waals surface area contributed by atoms with E-state index < -0.39 is 11.9 Å². The molecule has 0 spiro atoms. The van der Waals surface area contributed by atoms with Crippen molar-refractivity contribution in [1.29, 1.82) is 0 Å². The lowest BCUT2D eigenvalue weighted by Crippen LogP contribution is -2.33. The van der Waals surface area contributed by atoms with E-state index in [2.05, 4.69) is 0 Å². The Hall–Kier alpha value is -0.980. The maximum Gasteiger partial charge on any atom is 0.187 e. The van der Waals surface area contributed by atoms with Gasteiger partial charge >= 0.3 is 0 Å². The molecule has 0 saturated carbocycles. The Morgan fingerprint density at radius 1 is 1.29 bits per heavy atom. The molecule has 0 unspecified atom stereocenters. The summed E-state index contributed by atoms with van der Waals surface area (Å²) in [6.07, 6.45) is -0.826. The smallest absolute Gasteiger partial charge is 0.187 e. The third-order valence-electron chi connectivity index (χ3n) is 3.74. The van der Waals surface area contributed by atoms with E-state index in [4.69, 9.17) is 18.9 Å². The van der Waals surface area contributed by atoms with Gasteiger partial charge in [-0.2, -0.15) is 0 Å². The zero-order valence-electron chi connectivity index (χ0n) is 12.4. The second kappa shape index (κ2) is 6.02. The Labute approximate surface area is 124 Å². The van der Waals surface area contributed by atoms with Crippen molar-refractivity contribution in [3.05, 3.63) is 35.9 Å². The first-order chi connectivity index (χ1) is 10.0.